The number of benzene rings is 3. The van der Waals surface area contributed by atoms with Gasteiger partial charge in [-0.1, -0.05) is 24.3 Å². The molecule has 166 valence electrons. The number of methoxy groups -OCH3 is 2. The number of ether oxygens (including phenoxy) is 2. The van der Waals surface area contributed by atoms with Gasteiger partial charge in [-0.15, -0.1) is 0 Å². The van der Waals surface area contributed by atoms with Crippen LogP contribution in [0.25, 0.3) is 0 Å². The van der Waals surface area contributed by atoms with E-state index in [4.69, 9.17) is 9.47 Å². The highest BCUT2D eigenvalue weighted by Gasteiger charge is 2.16. The summed E-state index contributed by atoms with van der Waals surface area (Å²) in [6, 6.07) is 22.0. The Labute approximate surface area is 189 Å². The molecule has 2 amide bonds. The second-order valence-corrected chi connectivity index (χ2v) is 7.60. The first-order valence-electron chi connectivity index (χ1n) is 10.3. The quantitative estimate of drug-likeness (QED) is 0.534. The second kappa shape index (κ2) is 10.5. The van der Waals surface area contributed by atoms with Crippen molar-refractivity contribution in [3.8, 4) is 11.5 Å². The van der Waals surface area contributed by atoms with Crippen molar-refractivity contribution in [2.45, 2.75) is 13.1 Å². The van der Waals surface area contributed by atoms with Crippen molar-refractivity contribution in [1.29, 1.82) is 0 Å². The molecule has 0 heterocycles. The topological polar surface area (TPSA) is 59.1 Å². The molecule has 0 aliphatic rings. The van der Waals surface area contributed by atoms with Gasteiger partial charge >= 0.3 is 0 Å². The number of carbonyl (C=O) groups is 2. The van der Waals surface area contributed by atoms with Gasteiger partial charge in [0.2, 0.25) is 0 Å². The lowest BCUT2D eigenvalue weighted by atomic mass is 10.1. The van der Waals surface area contributed by atoms with Gasteiger partial charge in [0.25, 0.3) is 11.8 Å². The monoisotopic (exact) mass is 432 g/mol. The van der Waals surface area contributed by atoms with Gasteiger partial charge < -0.3 is 19.3 Å². The van der Waals surface area contributed by atoms with Gasteiger partial charge in [0.1, 0.15) is 11.5 Å². The number of nitrogens with zero attached hydrogens (tertiary/aromatic N) is 2. The molecule has 3 aromatic carbocycles. The Balaban J connectivity index is 1.60. The summed E-state index contributed by atoms with van der Waals surface area (Å²) in [6.07, 6.45) is 0. The normalized spacial score (nSPS) is 10.4. The number of amides is 2. The average molecular weight is 433 g/mol. The van der Waals surface area contributed by atoms with Crippen molar-refractivity contribution in [1.82, 2.24) is 9.80 Å². The first-order chi connectivity index (χ1) is 15.4. The van der Waals surface area contributed by atoms with E-state index in [9.17, 15) is 9.59 Å². The molecule has 0 N–H and O–H groups in total. The van der Waals surface area contributed by atoms with Crippen LogP contribution in [0, 0.1) is 0 Å². The van der Waals surface area contributed by atoms with Crippen LogP contribution in [0.3, 0.4) is 0 Å². The predicted molar refractivity (Wildman–Crippen MR) is 124 cm³/mol. The van der Waals surface area contributed by atoms with Crippen LogP contribution in [0.5, 0.6) is 11.5 Å². The Morgan fingerprint density at radius 3 is 1.19 bits per heavy atom. The molecule has 0 bridgehead atoms. The van der Waals surface area contributed by atoms with E-state index in [1.54, 1.807) is 62.4 Å². The van der Waals surface area contributed by atoms with E-state index in [1.807, 2.05) is 48.5 Å². The molecule has 0 fully saturated rings. The van der Waals surface area contributed by atoms with E-state index >= 15 is 0 Å². The van der Waals surface area contributed by atoms with Crippen LogP contribution < -0.4 is 9.47 Å². The Morgan fingerprint density at radius 2 is 0.906 bits per heavy atom. The fraction of sp³-hybridized carbons (Fsp3) is 0.231. The molecule has 3 rings (SSSR count). The number of hydrogen-bond acceptors (Lipinski definition) is 4. The van der Waals surface area contributed by atoms with Crippen LogP contribution in [-0.4, -0.2) is 49.9 Å². The van der Waals surface area contributed by atoms with E-state index < -0.39 is 0 Å². The van der Waals surface area contributed by atoms with Gasteiger partial charge in [0.15, 0.2) is 0 Å². The molecule has 0 radical (unpaired) electrons. The Hall–Kier alpha value is -3.80. The summed E-state index contributed by atoms with van der Waals surface area (Å²) in [5.74, 6) is 1.35. The number of rotatable bonds is 8. The van der Waals surface area contributed by atoms with E-state index in [2.05, 4.69) is 0 Å². The number of hydrogen-bond donors (Lipinski definition) is 0. The first-order valence-corrected chi connectivity index (χ1v) is 10.3. The van der Waals surface area contributed by atoms with Crippen molar-refractivity contribution in [3.05, 3.63) is 95.1 Å². The highest BCUT2D eigenvalue weighted by atomic mass is 16.5. The van der Waals surface area contributed by atoms with E-state index in [-0.39, 0.29) is 11.8 Å². The summed E-state index contributed by atoms with van der Waals surface area (Å²) in [6.45, 7) is 0.961. The lowest BCUT2D eigenvalue weighted by molar-refractivity contribution is 0.0773. The molecule has 0 atom stereocenters. The fourth-order valence-corrected chi connectivity index (χ4v) is 3.35. The summed E-state index contributed by atoms with van der Waals surface area (Å²) in [4.78, 5) is 28.8. The molecule has 6 nitrogen and oxygen atoms in total. The summed E-state index contributed by atoms with van der Waals surface area (Å²) < 4.78 is 10.3. The Bertz CT molecular complexity index is 958. The molecular weight excluding hydrogens is 404 g/mol. The third kappa shape index (κ3) is 5.66. The largest absolute Gasteiger partial charge is 0.497 e. The molecule has 0 aromatic heterocycles. The van der Waals surface area contributed by atoms with Crippen molar-refractivity contribution in [3.63, 3.8) is 0 Å². The lowest BCUT2D eigenvalue weighted by Gasteiger charge is -2.19. The first kappa shape index (κ1) is 22.9. The Kier molecular flexibility index (Phi) is 7.49. The minimum absolute atomic E-state index is 0.105. The van der Waals surface area contributed by atoms with E-state index in [0.717, 1.165) is 22.6 Å². The van der Waals surface area contributed by atoms with Crippen LogP contribution in [-0.2, 0) is 13.1 Å². The highest BCUT2D eigenvalue weighted by molar-refractivity contribution is 5.97. The molecule has 0 unspecified atom stereocenters. The maximum atomic E-state index is 12.8. The molecule has 0 saturated carbocycles. The van der Waals surface area contributed by atoms with Gasteiger partial charge in [-0.3, -0.25) is 9.59 Å². The van der Waals surface area contributed by atoms with Crippen LogP contribution in [0.4, 0.5) is 0 Å². The zero-order chi connectivity index (χ0) is 23.1. The molecule has 0 spiro atoms. The second-order valence-electron chi connectivity index (χ2n) is 7.60. The third-order valence-corrected chi connectivity index (χ3v) is 5.23. The Morgan fingerprint density at radius 1 is 0.594 bits per heavy atom. The van der Waals surface area contributed by atoms with Crippen LogP contribution in [0.1, 0.15) is 31.8 Å². The maximum absolute atomic E-state index is 12.8. The van der Waals surface area contributed by atoms with Crippen molar-refractivity contribution < 1.29 is 19.1 Å². The maximum Gasteiger partial charge on any atom is 0.253 e. The highest BCUT2D eigenvalue weighted by Crippen LogP contribution is 2.16. The molecule has 0 aliphatic carbocycles. The summed E-state index contributed by atoms with van der Waals surface area (Å²) in [7, 11) is 6.76. The fourth-order valence-electron chi connectivity index (χ4n) is 3.35. The van der Waals surface area contributed by atoms with Crippen molar-refractivity contribution >= 4 is 11.8 Å². The van der Waals surface area contributed by atoms with Crippen LogP contribution in [0.15, 0.2) is 72.8 Å². The van der Waals surface area contributed by atoms with Crippen molar-refractivity contribution in [2.24, 2.45) is 0 Å². The number of carbonyl (C=O) groups excluding carboxylic acids is 2. The molecule has 6 heteroatoms. The standard InChI is InChI=1S/C26H28N2O4/c1-27(17-19-5-13-23(31-3)14-6-19)25(29)21-9-11-22(12-10-21)26(30)28(2)18-20-7-15-24(32-4)16-8-20/h5-16H,17-18H2,1-4H3. The zero-order valence-corrected chi connectivity index (χ0v) is 18.9. The van der Waals surface area contributed by atoms with E-state index in [0.29, 0.717) is 24.2 Å². The predicted octanol–water partition coefficient (Wildman–Crippen LogP) is 4.25. The van der Waals surface area contributed by atoms with Crippen molar-refractivity contribution in [2.75, 3.05) is 28.3 Å². The summed E-state index contributed by atoms with van der Waals surface area (Å²) >= 11 is 0. The molecule has 32 heavy (non-hydrogen) atoms. The van der Waals surface area contributed by atoms with Crippen LogP contribution >= 0.6 is 0 Å². The molecule has 0 aliphatic heterocycles. The minimum atomic E-state index is -0.105. The van der Waals surface area contributed by atoms with Gasteiger partial charge in [-0.05, 0) is 59.7 Å². The zero-order valence-electron chi connectivity index (χ0n) is 18.9. The lowest BCUT2D eigenvalue weighted by Crippen LogP contribution is -2.27. The summed E-state index contributed by atoms with van der Waals surface area (Å²) in [5, 5.41) is 0. The van der Waals surface area contributed by atoms with Gasteiger partial charge in [-0.2, -0.15) is 0 Å². The SMILES string of the molecule is COc1ccc(CN(C)C(=O)c2ccc(C(=O)N(C)Cc3ccc(OC)cc3)cc2)cc1. The average Bonchev–Trinajstić information content (AvgIpc) is 2.84. The molecule has 3 aromatic rings. The smallest absolute Gasteiger partial charge is 0.253 e. The van der Waals surface area contributed by atoms with Gasteiger partial charge in [-0.25, -0.2) is 0 Å². The third-order valence-electron chi connectivity index (χ3n) is 5.23. The molecular formula is C26H28N2O4. The summed E-state index contributed by atoms with van der Waals surface area (Å²) in [5.41, 5.74) is 3.09. The van der Waals surface area contributed by atoms with Gasteiger partial charge in [0.05, 0.1) is 14.2 Å². The van der Waals surface area contributed by atoms with E-state index in [1.165, 1.54) is 0 Å². The molecule has 0 saturated heterocycles. The van der Waals surface area contributed by atoms with Crippen LogP contribution in [0.2, 0.25) is 0 Å². The minimum Gasteiger partial charge on any atom is -0.497 e. The van der Waals surface area contributed by atoms with Gasteiger partial charge in [0, 0.05) is 38.3 Å².